The lowest BCUT2D eigenvalue weighted by Gasteiger charge is -2.25. The van der Waals surface area contributed by atoms with Crippen molar-refractivity contribution in [1.82, 2.24) is 0 Å². The fourth-order valence-electron chi connectivity index (χ4n) is 5.38. The van der Waals surface area contributed by atoms with Gasteiger partial charge in [-0.2, -0.15) is 0 Å². The molecule has 0 amide bonds. The van der Waals surface area contributed by atoms with Crippen LogP contribution in [0.4, 0.5) is 0 Å². The molecule has 0 spiro atoms. The van der Waals surface area contributed by atoms with Gasteiger partial charge < -0.3 is 76.2 Å². The van der Waals surface area contributed by atoms with Crippen LogP contribution < -0.4 is 4.74 Å². The van der Waals surface area contributed by atoms with Crippen molar-refractivity contribution >= 4 is 0 Å². The quantitative estimate of drug-likeness (QED) is 0.0909. The molecule has 0 heterocycles. The Kier molecular flexibility index (Phi) is 43.7. The largest absolute Gasteiger partial charge is 0.491 e. The van der Waals surface area contributed by atoms with Crippen molar-refractivity contribution < 1.29 is 76.2 Å². The zero-order valence-corrected chi connectivity index (χ0v) is 38.1. The summed E-state index contributed by atoms with van der Waals surface area (Å²) in [4.78, 5) is 0. The highest BCUT2D eigenvalue weighted by atomic mass is 16.6. The fourth-order valence-corrected chi connectivity index (χ4v) is 5.38. The number of ether oxygens (including phenoxy) is 15. The topological polar surface area (TPSA) is 159 Å². The molecule has 0 radical (unpaired) electrons. The average molecular weight is 881 g/mol. The van der Waals surface area contributed by atoms with Gasteiger partial charge in [0.1, 0.15) is 12.4 Å². The molecule has 0 unspecified atom stereocenters. The summed E-state index contributed by atoms with van der Waals surface area (Å²) < 4.78 is 82.4. The van der Waals surface area contributed by atoms with E-state index in [1.165, 1.54) is 37.7 Å². The van der Waals surface area contributed by atoms with Gasteiger partial charge in [-0.25, -0.2) is 0 Å². The molecule has 0 atom stereocenters. The lowest BCUT2D eigenvalue weighted by atomic mass is 9.80. The monoisotopic (exact) mass is 881 g/mol. The molecular formula is C45H84O16. The molecule has 16 heteroatoms. The standard InChI is InChI=1S/C45H84O16/c1-4-5-6-7-12-45(2,3)43-8-10-44(11-9-43)61-42-41-60-40-39-59-38-37-58-36-35-57-34-33-56-32-31-55-30-29-54-28-27-53-26-25-52-24-23-51-22-21-50-20-19-49-18-17-48-16-15-47-14-13-46/h8-11,46H,4-7,12-42H2,1-3H3. The number of hydrogen-bond acceptors (Lipinski definition) is 16. The first-order valence-electron chi connectivity index (χ1n) is 22.5. The predicted octanol–water partition coefficient (Wildman–Crippen LogP) is 4.54. The van der Waals surface area contributed by atoms with Crippen LogP contribution in [0.3, 0.4) is 0 Å². The Morgan fingerprint density at radius 2 is 0.607 bits per heavy atom. The van der Waals surface area contributed by atoms with E-state index in [1.54, 1.807) is 0 Å². The SMILES string of the molecule is CCCCCCC(C)(C)c1ccc(OCCOCCOCCOCCOCCOCCOCCOCCOCCOCCOCCOCCOCCOCCOCCO)cc1. The van der Waals surface area contributed by atoms with Gasteiger partial charge in [0.05, 0.1) is 192 Å². The van der Waals surface area contributed by atoms with Crippen molar-refractivity contribution in [2.24, 2.45) is 0 Å². The van der Waals surface area contributed by atoms with Gasteiger partial charge in [0, 0.05) is 0 Å². The van der Waals surface area contributed by atoms with Gasteiger partial charge in [-0.15, -0.1) is 0 Å². The number of hydrogen-bond donors (Lipinski definition) is 1. The molecule has 1 N–H and O–H groups in total. The van der Waals surface area contributed by atoms with Gasteiger partial charge in [-0.1, -0.05) is 58.6 Å². The summed E-state index contributed by atoms with van der Waals surface area (Å²) in [5, 5.41) is 8.60. The Hall–Kier alpha value is -1.58. The maximum Gasteiger partial charge on any atom is 0.119 e. The molecule has 61 heavy (non-hydrogen) atoms. The number of aliphatic hydroxyl groups is 1. The summed E-state index contributed by atoms with van der Waals surface area (Å²) in [6.07, 6.45) is 6.38. The van der Waals surface area contributed by atoms with Crippen molar-refractivity contribution in [1.29, 1.82) is 0 Å². The number of aliphatic hydroxyl groups excluding tert-OH is 1. The Morgan fingerprint density at radius 1 is 0.344 bits per heavy atom. The molecule has 0 aliphatic heterocycles. The maximum atomic E-state index is 8.60. The lowest BCUT2D eigenvalue weighted by molar-refractivity contribution is -0.0298. The molecule has 0 aromatic heterocycles. The second-order valence-electron chi connectivity index (χ2n) is 14.4. The van der Waals surface area contributed by atoms with Gasteiger partial charge in [0.25, 0.3) is 0 Å². The first-order chi connectivity index (χ1) is 30.1. The third kappa shape index (κ3) is 40.9. The van der Waals surface area contributed by atoms with Crippen LogP contribution in [0.5, 0.6) is 5.75 Å². The molecule has 1 aromatic rings. The zero-order valence-electron chi connectivity index (χ0n) is 38.1. The second-order valence-corrected chi connectivity index (χ2v) is 14.4. The van der Waals surface area contributed by atoms with E-state index in [4.69, 9.17) is 76.2 Å². The van der Waals surface area contributed by atoms with Gasteiger partial charge in [0.15, 0.2) is 0 Å². The van der Waals surface area contributed by atoms with Crippen molar-refractivity contribution in [2.75, 3.05) is 198 Å². The van der Waals surface area contributed by atoms with E-state index in [2.05, 4.69) is 45.0 Å². The highest BCUT2D eigenvalue weighted by molar-refractivity contribution is 5.31. The van der Waals surface area contributed by atoms with Crippen LogP contribution in [0, 0.1) is 0 Å². The first kappa shape index (κ1) is 57.4. The van der Waals surface area contributed by atoms with Crippen LogP contribution in [0.25, 0.3) is 0 Å². The summed E-state index contributed by atoms with van der Waals surface area (Å²) in [5.41, 5.74) is 1.54. The molecule has 0 fully saturated rings. The molecule has 0 aliphatic carbocycles. The minimum atomic E-state index is 0.0223. The maximum absolute atomic E-state index is 8.60. The number of rotatable bonds is 51. The highest BCUT2D eigenvalue weighted by Crippen LogP contribution is 2.30. The lowest BCUT2D eigenvalue weighted by Crippen LogP contribution is -2.17. The average Bonchev–Trinajstić information content (AvgIpc) is 3.27. The van der Waals surface area contributed by atoms with Crippen LogP contribution in [0.2, 0.25) is 0 Å². The van der Waals surface area contributed by atoms with E-state index < -0.39 is 0 Å². The predicted molar refractivity (Wildman–Crippen MR) is 232 cm³/mol. The van der Waals surface area contributed by atoms with Gasteiger partial charge >= 0.3 is 0 Å². The molecule has 16 nitrogen and oxygen atoms in total. The summed E-state index contributed by atoms with van der Waals surface area (Å²) in [6.45, 7) is 21.3. The molecule has 0 saturated heterocycles. The van der Waals surface area contributed by atoms with E-state index in [0.29, 0.717) is 192 Å². The van der Waals surface area contributed by atoms with Crippen molar-refractivity contribution in [3.8, 4) is 5.75 Å². The van der Waals surface area contributed by atoms with Crippen LogP contribution in [0.1, 0.15) is 58.4 Å². The molecule has 360 valence electrons. The summed E-state index contributed by atoms with van der Waals surface area (Å²) in [7, 11) is 0. The van der Waals surface area contributed by atoms with Crippen molar-refractivity contribution in [3.63, 3.8) is 0 Å². The number of unbranched alkanes of at least 4 members (excludes halogenated alkanes) is 3. The first-order valence-corrected chi connectivity index (χ1v) is 22.5. The van der Waals surface area contributed by atoms with Crippen molar-refractivity contribution in [3.05, 3.63) is 29.8 Å². The van der Waals surface area contributed by atoms with Crippen LogP contribution in [-0.4, -0.2) is 203 Å². The fraction of sp³-hybridized carbons (Fsp3) is 0.867. The molecule has 1 aromatic carbocycles. The van der Waals surface area contributed by atoms with Crippen LogP contribution in [-0.2, 0) is 71.7 Å². The van der Waals surface area contributed by atoms with E-state index in [9.17, 15) is 0 Å². The molecular weight excluding hydrogens is 796 g/mol. The normalized spacial score (nSPS) is 11.9. The Balaban J connectivity index is 1.68. The molecule has 0 bridgehead atoms. The van der Waals surface area contributed by atoms with E-state index in [0.717, 1.165) is 5.75 Å². The van der Waals surface area contributed by atoms with E-state index in [-0.39, 0.29) is 12.0 Å². The number of benzene rings is 1. The Bertz CT molecular complexity index is 990. The van der Waals surface area contributed by atoms with E-state index >= 15 is 0 Å². The second kappa shape index (κ2) is 46.4. The minimum Gasteiger partial charge on any atom is -0.491 e. The van der Waals surface area contributed by atoms with Crippen LogP contribution >= 0.6 is 0 Å². The highest BCUT2D eigenvalue weighted by Gasteiger charge is 2.19. The third-order valence-electron chi connectivity index (χ3n) is 8.86. The van der Waals surface area contributed by atoms with Gasteiger partial charge in [0.2, 0.25) is 0 Å². The smallest absolute Gasteiger partial charge is 0.119 e. The Labute approximate surface area is 367 Å². The molecule has 0 aliphatic rings. The zero-order chi connectivity index (χ0) is 43.8. The van der Waals surface area contributed by atoms with Gasteiger partial charge in [-0.05, 0) is 29.5 Å². The Morgan fingerprint density at radius 3 is 0.869 bits per heavy atom. The summed E-state index contributed by atoms with van der Waals surface area (Å²) in [6, 6.07) is 8.49. The van der Waals surface area contributed by atoms with Crippen LogP contribution in [0.15, 0.2) is 24.3 Å². The van der Waals surface area contributed by atoms with Crippen molar-refractivity contribution in [2.45, 2.75) is 58.3 Å². The molecule has 1 rings (SSSR count). The molecule has 0 saturated carbocycles. The van der Waals surface area contributed by atoms with E-state index in [1.807, 2.05) is 0 Å². The minimum absolute atomic E-state index is 0.0223. The third-order valence-corrected chi connectivity index (χ3v) is 8.86. The summed E-state index contributed by atoms with van der Waals surface area (Å²) >= 11 is 0. The van der Waals surface area contributed by atoms with Gasteiger partial charge in [-0.3, -0.25) is 0 Å². The summed E-state index contributed by atoms with van der Waals surface area (Å²) in [5.74, 6) is 0.871.